The summed E-state index contributed by atoms with van der Waals surface area (Å²) < 4.78 is 1.83. The number of amides is 1. The molecule has 4 rings (SSSR count). The highest BCUT2D eigenvalue weighted by molar-refractivity contribution is 7.99. The number of nitrogens with zero attached hydrogens (tertiary/aromatic N) is 4. The second kappa shape index (κ2) is 6.91. The molecular formula is C17H17N5O3S. The maximum atomic E-state index is 12.2. The Hall–Kier alpha value is -2.68. The van der Waals surface area contributed by atoms with E-state index in [1.54, 1.807) is 12.1 Å². The molecule has 3 atom stereocenters. The van der Waals surface area contributed by atoms with Crippen molar-refractivity contribution in [2.45, 2.75) is 24.0 Å². The summed E-state index contributed by atoms with van der Waals surface area (Å²) in [6.07, 6.45) is 6.68. The maximum absolute atomic E-state index is 12.2. The summed E-state index contributed by atoms with van der Waals surface area (Å²) in [5, 5.41) is 24.3. The molecular weight excluding hydrogens is 354 g/mol. The van der Waals surface area contributed by atoms with Gasteiger partial charge in [0, 0.05) is 5.69 Å². The molecule has 9 heteroatoms. The van der Waals surface area contributed by atoms with Crippen molar-refractivity contribution < 1.29 is 14.7 Å². The number of tetrazole rings is 1. The van der Waals surface area contributed by atoms with Crippen LogP contribution in [-0.4, -0.2) is 42.9 Å². The first-order valence-corrected chi connectivity index (χ1v) is 9.31. The minimum atomic E-state index is -1.03. The molecule has 0 radical (unpaired) electrons. The van der Waals surface area contributed by atoms with Crippen molar-refractivity contribution >= 4 is 29.3 Å². The summed E-state index contributed by atoms with van der Waals surface area (Å²) in [4.78, 5) is 23.2. The van der Waals surface area contributed by atoms with Crippen molar-refractivity contribution in [1.29, 1.82) is 0 Å². The van der Waals surface area contributed by atoms with E-state index in [1.165, 1.54) is 23.9 Å². The fraction of sp³-hybridized carbons (Fsp3) is 0.353. The normalized spacial score (nSPS) is 23.3. The van der Waals surface area contributed by atoms with E-state index in [2.05, 4.69) is 33.0 Å². The Morgan fingerprint density at radius 2 is 2.19 bits per heavy atom. The number of hydrogen-bond donors (Lipinski definition) is 2. The van der Waals surface area contributed by atoms with Gasteiger partial charge in [-0.1, -0.05) is 30.0 Å². The van der Waals surface area contributed by atoms with E-state index < -0.39 is 5.97 Å². The molecule has 2 aliphatic rings. The van der Waals surface area contributed by atoms with Crippen LogP contribution in [0.3, 0.4) is 0 Å². The molecule has 8 nitrogen and oxygen atoms in total. The lowest BCUT2D eigenvalue weighted by Gasteiger charge is -2.18. The van der Waals surface area contributed by atoms with E-state index in [-0.39, 0.29) is 23.3 Å². The van der Waals surface area contributed by atoms with Crippen LogP contribution in [0.25, 0.3) is 0 Å². The number of benzene rings is 1. The third-order valence-corrected chi connectivity index (χ3v) is 5.68. The fourth-order valence-electron chi connectivity index (χ4n) is 3.58. The van der Waals surface area contributed by atoms with Crippen molar-refractivity contribution in [1.82, 2.24) is 20.2 Å². The number of aromatic carboxylic acids is 1. The highest BCUT2D eigenvalue weighted by Gasteiger charge is 2.38. The third-order valence-electron chi connectivity index (χ3n) is 4.75. The van der Waals surface area contributed by atoms with Crippen LogP contribution in [0, 0.1) is 11.8 Å². The largest absolute Gasteiger partial charge is 0.478 e. The molecule has 1 aromatic carbocycles. The minimum Gasteiger partial charge on any atom is -0.478 e. The predicted octanol–water partition coefficient (Wildman–Crippen LogP) is 2.24. The number of fused-ring (bicyclic) bond motifs is 2. The first-order chi connectivity index (χ1) is 12.6. The number of carbonyl (C=O) groups excluding carboxylic acids is 1. The highest BCUT2D eigenvalue weighted by atomic mass is 32.2. The first kappa shape index (κ1) is 16.8. The Kier molecular flexibility index (Phi) is 4.46. The number of nitrogens with one attached hydrogen (secondary N) is 1. The number of hydrogen-bond acceptors (Lipinski definition) is 6. The van der Waals surface area contributed by atoms with Crippen LogP contribution in [0.2, 0.25) is 0 Å². The fourth-order valence-corrected chi connectivity index (χ4v) is 4.31. The van der Waals surface area contributed by atoms with E-state index >= 15 is 0 Å². The molecule has 1 aromatic heterocycles. The molecule has 0 aliphatic heterocycles. The minimum absolute atomic E-state index is 0.128. The van der Waals surface area contributed by atoms with E-state index in [0.717, 1.165) is 12.8 Å². The number of carbonyl (C=O) groups is 2. The van der Waals surface area contributed by atoms with E-state index in [9.17, 15) is 9.59 Å². The van der Waals surface area contributed by atoms with Crippen molar-refractivity contribution in [2.24, 2.45) is 11.8 Å². The Labute approximate surface area is 153 Å². The number of carboxylic acid groups (broad SMARTS) is 1. The van der Waals surface area contributed by atoms with Crippen LogP contribution in [0.15, 0.2) is 41.6 Å². The van der Waals surface area contributed by atoms with Crippen molar-refractivity contribution in [3.63, 3.8) is 0 Å². The molecule has 134 valence electrons. The molecule has 2 N–H and O–H groups in total. The van der Waals surface area contributed by atoms with Gasteiger partial charge in [0.05, 0.1) is 17.4 Å². The number of rotatable bonds is 6. The zero-order chi connectivity index (χ0) is 18.1. The van der Waals surface area contributed by atoms with Crippen molar-refractivity contribution in [2.75, 3.05) is 11.1 Å². The second-order valence-corrected chi connectivity index (χ2v) is 7.42. The SMILES string of the molecule is O=C(CSc1nnnn1[C@@H]1C[C@H]2C=C[C@H]1C2)Nc1cccc(C(=O)O)c1. The maximum Gasteiger partial charge on any atom is 0.335 e. The van der Waals surface area contributed by atoms with Crippen molar-refractivity contribution in [3.8, 4) is 0 Å². The van der Waals surface area contributed by atoms with Crippen LogP contribution in [0.4, 0.5) is 5.69 Å². The lowest BCUT2D eigenvalue weighted by atomic mass is 10.0. The quantitative estimate of drug-likeness (QED) is 0.592. The van der Waals surface area contributed by atoms with Crippen LogP contribution in [0.5, 0.6) is 0 Å². The van der Waals surface area contributed by atoms with Crippen LogP contribution < -0.4 is 5.32 Å². The van der Waals surface area contributed by atoms with E-state index in [4.69, 9.17) is 5.11 Å². The van der Waals surface area contributed by atoms with Gasteiger partial charge in [-0.3, -0.25) is 4.79 Å². The van der Waals surface area contributed by atoms with Crippen LogP contribution in [0.1, 0.15) is 29.2 Å². The Morgan fingerprint density at radius 3 is 2.92 bits per heavy atom. The van der Waals surface area contributed by atoms with E-state index in [0.29, 0.717) is 22.7 Å². The number of thioether (sulfide) groups is 1. The Balaban J connectivity index is 1.37. The number of carboxylic acids is 1. The molecule has 0 saturated heterocycles. The molecule has 0 unspecified atom stereocenters. The smallest absolute Gasteiger partial charge is 0.335 e. The molecule has 1 heterocycles. The Bertz CT molecular complexity index is 881. The summed E-state index contributed by atoms with van der Waals surface area (Å²) in [6.45, 7) is 0. The molecule has 1 saturated carbocycles. The van der Waals surface area contributed by atoms with Gasteiger partial charge in [-0.25, -0.2) is 9.48 Å². The summed E-state index contributed by atoms with van der Waals surface area (Å²) in [5.41, 5.74) is 0.581. The lowest BCUT2D eigenvalue weighted by Crippen LogP contribution is -2.18. The summed E-state index contributed by atoms with van der Waals surface area (Å²) in [6, 6.07) is 6.41. The van der Waals surface area contributed by atoms with Crippen LogP contribution in [-0.2, 0) is 4.79 Å². The first-order valence-electron chi connectivity index (χ1n) is 8.32. The molecule has 26 heavy (non-hydrogen) atoms. The third kappa shape index (κ3) is 3.34. The number of allylic oxidation sites excluding steroid dienone is 2. The zero-order valence-electron chi connectivity index (χ0n) is 13.8. The molecule has 2 bridgehead atoms. The topological polar surface area (TPSA) is 110 Å². The van der Waals surface area contributed by atoms with Gasteiger partial charge in [-0.05, 0) is 53.3 Å². The van der Waals surface area contributed by atoms with Gasteiger partial charge in [-0.2, -0.15) is 0 Å². The van der Waals surface area contributed by atoms with Crippen molar-refractivity contribution in [3.05, 3.63) is 42.0 Å². The molecule has 1 fully saturated rings. The Morgan fingerprint density at radius 1 is 1.31 bits per heavy atom. The van der Waals surface area contributed by atoms with Gasteiger partial charge < -0.3 is 10.4 Å². The summed E-state index contributed by atoms with van der Waals surface area (Å²) >= 11 is 1.28. The monoisotopic (exact) mass is 371 g/mol. The average Bonchev–Trinajstić information content (AvgIpc) is 3.36. The molecule has 0 spiro atoms. The number of aromatic nitrogens is 4. The molecule has 1 amide bonds. The zero-order valence-corrected chi connectivity index (χ0v) is 14.6. The summed E-state index contributed by atoms with van der Waals surface area (Å²) in [7, 11) is 0. The highest BCUT2D eigenvalue weighted by Crippen LogP contribution is 2.46. The van der Waals surface area contributed by atoms with Gasteiger partial charge in [0.25, 0.3) is 0 Å². The lowest BCUT2D eigenvalue weighted by molar-refractivity contribution is -0.113. The van der Waals surface area contributed by atoms with Gasteiger partial charge in [0.15, 0.2) is 0 Å². The molecule has 2 aliphatic carbocycles. The van der Waals surface area contributed by atoms with Gasteiger partial charge in [0.2, 0.25) is 11.1 Å². The van der Waals surface area contributed by atoms with E-state index in [1.807, 2.05) is 4.68 Å². The van der Waals surface area contributed by atoms with Gasteiger partial charge in [-0.15, -0.1) is 5.10 Å². The predicted molar refractivity (Wildman–Crippen MR) is 95.0 cm³/mol. The van der Waals surface area contributed by atoms with Gasteiger partial charge >= 0.3 is 5.97 Å². The second-order valence-electron chi connectivity index (χ2n) is 6.48. The summed E-state index contributed by atoms with van der Waals surface area (Å²) in [5.74, 6) is -0.0456. The average molecular weight is 371 g/mol. The molecule has 2 aromatic rings. The van der Waals surface area contributed by atoms with Gasteiger partial charge in [0.1, 0.15) is 0 Å². The van der Waals surface area contributed by atoms with Crippen LogP contribution >= 0.6 is 11.8 Å². The standard InChI is InChI=1S/C17H17N5O3S/c23-15(18-13-3-1-2-12(8-13)16(24)25)9-26-17-19-20-21-22(17)14-7-10-4-5-11(14)6-10/h1-5,8,10-11,14H,6-7,9H2,(H,18,23)(H,24,25)/t10-,11-,14+/m0/s1. The number of anilines is 1.